The summed E-state index contributed by atoms with van der Waals surface area (Å²) in [5.74, 6) is 0.329. The molecule has 2 unspecified atom stereocenters. The van der Waals surface area contributed by atoms with E-state index in [0.29, 0.717) is 5.56 Å². The lowest BCUT2D eigenvalue weighted by atomic mass is 10.0. The largest absolute Gasteiger partial charge is 0.335 e. The van der Waals surface area contributed by atoms with E-state index in [2.05, 4.69) is 18.0 Å². The van der Waals surface area contributed by atoms with Gasteiger partial charge in [0.05, 0.1) is 11.6 Å². The molecule has 4 heteroatoms. The highest BCUT2D eigenvalue weighted by atomic mass is 16.2. The van der Waals surface area contributed by atoms with Gasteiger partial charge in [-0.3, -0.25) is 9.78 Å². The fraction of sp³-hybridized carbons (Fsp3) is 0.500. The summed E-state index contributed by atoms with van der Waals surface area (Å²) < 4.78 is 0. The van der Waals surface area contributed by atoms with Crippen LogP contribution in [0.3, 0.4) is 0 Å². The Morgan fingerprint density at radius 2 is 2.39 bits per heavy atom. The van der Waals surface area contributed by atoms with Gasteiger partial charge < -0.3 is 4.90 Å². The number of carbonyl (C=O) groups is 1. The topological polar surface area (TPSA) is 57.0 Å². The molecule has 0 N–H and O–H groups in total. The van der Waals surface area contributed by atoms with Gasteiger partial charge in [-0.2, -0.15) is 5.26 Å². The van der Waals surface area contributed by atoms with Crippen molar-refractivity contribution in [3.63, 3.8) is 0 Å². The van der Waals surface area contributed by atoms with Crippen molar-refractivity contribution in [1.82, 2.24) is 9.88 Å². The third-order valence-electron chi connectivity index (χ3n) is 3.54. The quantitative estimate of drug-likeness (QED) is 0.818. The van der Waals surface area contributed by atoms with E-state index in [4.69, 9.17) is 5.26 Å². The number of rotatable bonds is 3. The second-order valence-electron chi connectivity index (χ2n) is 4.76. The van der Waals surface area contributed by atoms with Gasteiger partial charge >= 0.3 is 0 Å². The van der Waals surface area contributed by atoms with Crippen LogP contribution in [0.4, 0.5) is 0 Å². The molecular weight excluding hydrogens is 226 g/mol. The van der Waals surface area contributed by atoms with Gasteiger partial charge in [0.25, 0.3) is 0 Å². The zero-order valence-electron chi connectivity index (χ0n) is 10.8. The average Bonchev–Trinajstić information content (AvgIpc) is 2.72. The summed E-state index contributed by atoms with van der Waals surface area (Å²) in [6.45, 7) is 4.83. The summed E-state index contributed by atoms with van der Waals surface area (Å²) in [5, 5.41) is 8.91. The van der Waals surface area contributed by atoms with E-state index in [1.54, 1.807) is 12.4 Å². The lowest BCUT2D eigenvalue weighted by Crippen LogP contribution is -2.31. The molecule has 18 heavy (non-hydrogen) atoms. The van der Waals surface area contributed by atoms with E-state index in [0.717, 1.165) is 24.9 Å². The minimum absolute atomic E-state index is 0.0447. The van der Waals surface area contributed by atoms with Crippen molar-refractivity contribution in [3.05, 3.63) is 29.6 Å². The molecule has 0 spiro atoms. The first-order chi connectivity index (χ1) is 8.67. The highest BCUT2D eigenvalue weighted by Crippen LogP contribution is 2.30. The van der Waals surface area contributed by atoms with E-state index in [1.807, 2.05) is 17.9 Å². The molecule has 0 radical (unpaired) electrons. The Balaban J connectivity index is 2.28. The smallest absolute Gasteiger partial charge is 0.225 e. The summed E-state index contributed by atoms with van der Waals surface area (Å²) in [6, 6.07) is 3.97. The molecule has 0 aromatic carbocycles. The van der Waals surface area contributed by atoms with Gasteiger partial charge in [0.2, 0.25) is 5.91 Å². The molecule has 1 amide bonds. The van der Waals surface area contributed by atoms with Crippen molar-refractivity contribution in [3.8, 4) is 6.07 Å². The molecule has 1 saturated heterocycles. The number of hydrogen-bond acceptors (Lipinski definition) is 3. The SMILES string of the molecule is CCC(c1cncc(C#N)c1)N1CCC(C)C1=O. The predicted octanol–water partition coefficient (Wildman–Crippen LogP) is 2.27. The maximum Gasteiger partial charge on any atom is 0.225 e. The fourth-order valence-electron chi connectivity index (χ4n) is 2.50. The Morgan fingerprint density at radius 3 is 2.94 bits per heavy atom. The van der Waals surface area contributed by atoms with Crippen molar-refractivity contribution in [2.45, 2.75) is 32.7 Å². The number of likely N-dealkylation sites (tertiary alicyclic amines) is 1. The van der Waals surface area contributed by atoms with Crippen LogP contribution >= 0.6 is 0 Å². The number of pyridine rings is 1. The van der Waals surface area contributed by atoms with Gasteiger partial charge in [-0.1, -0.05) is 13.8 Å². The first kappa shape index (κ1) is 12.6. The third kappa shape index (κ3) is 2.21. The van der Waals surface area contributed by atoms with E-state index in [1.165, 1.54) is 0 Å². The molecule has 2 atom stereocenters. The molecule has 1 aliphatic rings. The Morgan fingerprint density at radius 1 is 1.61 bits per heavy atom. The Bertz CT molecular complexity index is 492. The first-order valence-corrected chi connectivity index (χ1v) is 6.33. The molecule has 0 aliphatic carbocycles. The highest BCUT2D eigenvalue weighted by molar-refractivity contribution is 5.81. The van der Waals surface area contributed by atoms with Crippen LogP contribution in [0, 0.1) is 17.2 Å². The lowest BCUT2D eigenvalue weighted by Gasteiger charge is -2.27. The number of nitrogens with zero attached hydrogens (tertiary/aromatic N) is 3. The average molecular weight is 243 g/mol. The summed E-state index contributed by atoms with van der Waals surface area (Å²) in [7, 11) is 0. The minimum atomic E-state index is 0.0447. The monoisotopic (exact) mass is 243 g/mol. The maximum absolute atomic E-state index is 12.1. The van der Waals surface area contributed by atoms with Gasteiger partial charge in [0, 0.05) is 24.9 Å². The summed E-state index contributed by atoms with van der Waals surface area (Å²) in [6.07, 6.45) is 5.06. The first-order valence-electron chi connectivity index (χ1n) is 6.33. The Hall–Kier alpha value is -1.89. The van der Waals surface area contributed by atoms with Crippen LogP contribution in [0.15, 0.2) is 18.5 Å². The molecule has 4 nitrogen and oxygen atoms in total. The van der Waals surface area contributed by atoms with Crippen molar-refractivity contribution in [1.29, 1.82) is 5.26 Å². The second kappa shape index (κ2) is 5.18. The van der Waals surface area contributed by atoms with Crippen LogP contribution in [0.5, 0.6) is 0 Å². The number of aromatic nitrogens is 1. The molecular formula is C14H17N3O. The highest BCUT2D eigenvalue weighted by Gasteiger charge is 2.33. The fourth-order valence-corrected chi connectivity index (χ4v) is 2.50. The zero-order valence-corrected chi connectivity index (χ0v) is 10.8. The summed E-state index contributed by atoms with van der Waals surface area (Å²) in [5.41, 5.74) is 1.50. The van der Waals surface area contributed by atoms with E-state index in [-0.39, 0.29) is 17.9 Å². The molecule has 1 aromatic heterocycles. The molecule has 94 valence electrons. The summed E-state index contributed by atoms with van der Waals surface area (Å²) >= 11 is 0. The van der Waals surface area contributed by atoms with Crippen LogP contribution < -0.4 is 0 Å². The number of amides is 1. The van der Waals surface area contributed by atoms with Crippen molar-refractivity contribution in [2.75, 3.05) is 6.54 Å². The van der Waals surface area contributed by atoms with E-state index >= 15 is 0 Å². The number of carbonyl (C=O) groups excluding carboxylic acids is 1. The van der Waals surface area contributed by atoms with Gasteiger partial charge in [0.1, 0.15) is 6.07 Å². The van der Waals surface area contributed by atoms with Gasteiger partial charge in [-0.25, -0.2) is 0 Å². The van der Waals surface area contributed by atoms with Crippen molar-refractivity contribution < 1.29 is 4.79 Å². The second-order valence-corrected chi connectivity index (χ2v) is 4.76. The summed E-state index contributed by atoms with van der Waals surface area (Å²) in [4.78, 5) is 18.1. The van der Waals surface area contributed by atoms with Crippen LogP contribution in [-0.4, -0.2) is 22.3 Å². The number of hydrogen-bond donors (Lipinski definition) is 0. The Kier molecular flexibility index (Phi) is 3.61. The normalized spacial score (nSPS) is 20.8. The van der Waals surface area contributed by atoms with Crippen LogP contribution in [-0.2, 0) is 4.79 Å². The van der Waals surface area contributed by atoms with Gasteiger partial charge in [0.15, 0.2) is 0 Å². The molecule has 0 saturated carbocycles. The lowest BCUT2D eigenvalue weighted by molar-refractivity contribution is -0.132. The zero-order chi connectivity index (χ0) is 13.1. The van der Waals surface area contributed by atoms with Crippen LogP contribution in [0.25, 0.3) is 0 Å². The minimum Gasteiger partial charge on any atom is -0.335 e. The molecule has 2 rings (SSSR count). The van der Waals surface area contributed by atoms with Crippen LogP contribution in [0.1, 0.15) is 43.9 Å². The van der Waals surface area contributed by atoms with Crippen molar-refractivity contribution >= 4 is 5.91 Å². The van der Waals surface area contributed by atoms with Gasteiger partial charge in [-0.05, 0) is 24.5 Å². The molecule has 0 bridgehead atoms. The van der Waals surface area contributed by atoms with Gasteiger partial charge in [-0.15, -0.1) is 0 Å². The van der Waals surface area contributed by atoms with E-state index in [9.17, 15) is 4.79 Å². The molecule has 2 heterocycles. The maximum atomic E-state index is 12.1. The van der Waals surface area contributed by atoms with Crippen molar-refractivity contribution in [2.24, 2.45) is 5.92 Å². The third-order valence-corrected chi connectivity index (χ3v) is 3.54. The molecule has 1 fully saturated rings. The van der Waals surface area contributed by atoms with Crippen LogP contribution in [0.2, 0.25) is 0 Å². The molecule has 1 aliphatic heterocycles. The molecule has 1 aromatic rings. The Labute approximate surface area is 107 Å². The predicted molar refractivity (Wildman–Crippen MR) is 67.5 cm³/mol. The standard InChI is InChI=1S/C14H17N3O/c1-3-13(17-5-4-10(2)14(17)18)12-6-11(7-15)8-16-9-12/h6,8-10,13H,3-5H2,1-2H3. The van der Waals surface area contributed by atoms with E-state index < -0.39 is 0 Å². The number of nitriles is 1.